The van der Waals surface area contributed by atoms with Crippen LogP contribution in [0.3, 0.4) is 0 Å². The van der Waals surface area contributed by atoms with Gasteiger partial charge in [0.05, 0.1) is 33.2 Å². The average Bonchev–Trinajstić information content (AvgIpc) is 1.57. The molecule has 2 heteroatoms. The fraction of sp³-hybridized carbons (Fsp3) is 0.0103. The Kier molecular flexibility index (Phi) is 13.8. The highest BCUT2D eigenvalue weighted by Gasteiger charge is 2.46. The van der Waals surface area contributed by atoms with Crippen LogP contribution in [0.1, 0.15) is 22.3 Å². The predicted octanol–water partition coefficient (Wildman–Crippen LogP) is 25.6. The van der Waals surface area contributed by atoms with Gasteiger partial charge in [0.1, 0.15) is 0 Å². The first-order valence-corrected chi connectivity index (χ1v) is 34.3. The van der Waals surface area contributed by atoms with Gasteiger partial charge in [0.15, 0.2) is 0 Å². The molecule has 1 aliphatic carbocycles. The van der Waals surface area contributed by atoms with Crippen molar-refractivity contribution in [3.05, 3.63) is 411 Å². The monoisotopic (exact) mass is 1260 g/mol. The number of hydrogen-bond acceptors (Lipinski definition) is 0. The highest BCUT2D eigenvalue weighted by atomic mass is 15.0. The molecule has 2 aromatic heterocycles. The van der Waals surface area contributed by atoms with E-state index in [1.54, 1.807) is 0 Å². The molecule has 0 unspecified atom stereocenters. The molecule has 0 bridgehead atoms. The van der Waals surface area contributed by atoms with Gasteiger partial charge in [0.2, 0.25) is 0 Å². The maximum absolute atomic E-state index is 2.44. The second-order valence-corrected chi connectivity index (χ2v) is 26.3. The molecule has 2 nitrogen and oxygen atoms in total. The normalized spacial score (nSPS) is 12.3. The first-order chi connectivity index (χ1) is 49.1. The molecule has 99 heavy (non-hydrogen) atoms. The number of fused-ring (bicyclic) bond motifs is 9. The maximum atomic E-state index is 2.44. The van der Waals surface area contributed by atoms with Crippen molar-refractivity contribution in [2.75, 3.05) is 0 Å². The number of para-hydroxylation sites is 3. The molecule has 0 amide bonds. The highest BCUT2D eigenvalue weighted by molar-refractivity contribution is 6.13. The van der Waals surface area contributed by atoms with Crippen LogP contribution in [0.5, 0.6) is 0 Å². The summed E-state index contributed by atoms with van der Waals surface area (Å²) in [6.07, 6.45) is 0. The zero-order chi connectivity index (χ0) is 65.4. The molecule has 19 rings (SSSR count). The van der Waals surface area contributed by atoms with E-state index in [2.05, 4.69) is 397 Å². The molecule has 0 atom stereocenters. The molecule has 0 saturated carbocycles. The summed E-state index contributed by atoms with van der Waals surface area (Å²) in [4.78, 5) is 0. The summed E-state index contributed by atoms with van der Waals surface area (Å²) in [5, 5.41) is 4.95. The van der Waals surface area contributed by atoms with Gasteiger partial charge in [-0.05, 0) is 184 Å². The van der Waals surface area contributed by atoms with Crippen molar-refractivity contribution in [1.82, 2.24) is 9.13 Å². The molecule has 18 aromatic rings. The SMILES string of the molecule is c1ccc(-c2ccc(-c3cccc(-c4ccc(C5(c6cccc(-c7ccc(-c8ccc(-c9ccc(-n%10c%11ccccc%11c%11cc(-c%12ccc%13c(c%12)c%12ccccc%12n%13-c%12ccccc%12-c%12ccccc%12)ccc%11%10)cc9)cc8)cc7)c6)c6ccccc6-c6ccccc65)cc4)c3)cc2)cc1. The van der Waals surface area contributed by atoms with E-state index in [1.807, 2.05) is 0 Å². The van der Waals surface area contributed by atoms with Crippen LogP contribution in [-0.2, 0) is 5.41 Å². The second-order valence-electron chi connectivity index (χ2n) is 26.3. The second kappa shape index (κ2) is 23.8. The van der Waals surface area contributed by atoms with Gasteiger partial charge >= 0.3 is 0 Å². The van der Waals surface area contributed by atoms with Crippen molar-refractivity contribution in [1.29, 1.82) is 0 Å². The Labute approximate surface area is 576 Å². The summed E-state index contributed by atoms with van der Waals surface area (Å²) in [7, 11) is 0. The van der Waals surface area contributed by atoms with E-state index in [4.69, 9.17) is 0 Å². The third-order valence-electron chi connectivity index (χ3n) is 20.9. The van der Waals surface area contributed by atoms with Gasteiger partial charge in [-0.15, -0.1) is 0 Å². The maximum Gasteiger partial charge on any atom is 0.0713 e. The lowest BCUT2D eigenvalue weighted by atomic mass is 9.67. The van der Waals surface area contributed by atoms with Gasteiger partial charge in [0.25, 0.3) is 0 Å². The third-order valence-corrected chi connectivity index (χ3v) is 20.9. The standard InChI is InChI=1S/C97H64N2/c1-3-19-65(20-4-1)66-41-45-71(46-42-66)75-23-17-24-76(61-75)73-49-55-80(56-50-73)97(90-32-12-7-28-84(90)85-29-8-13-33-91(85)97)81-26-18-25-77(62-81)72-47-43-68(44-48-72)67-37-39-69(40-38-67)70-51-57-82(58-52-70)98-93-35-15-10-30-86(93)88-63-78(53-59-95(88)98)79-54-60-96-89(64-79)87-31-11-16-36-94(87)99(96)92-34-14-9-27-83(92)74-21-5-2-6-22-74/h1-64H. The van der Waals surface area contributed by atoms with E-state index in [0.717, 1.165) is 5.69 Å². The first kappa shape index (κ1) is 57.6. The molecule has 0 N–H and O–H groups in total. The quantitative estimate of drug-likeness (QED) is 0.115. The van der Waals surface area contributed by atoms with Crippen LogP contribution in [0.15, 0.2) is 388 Å². The molecule has 0 fully saturated rings. The lowest BCUT2D eigenvalue weighted by molar-refractivity contribution is 0.769. The van der Waals surface area contributed by atoms with E-state index in [9.17, 15) is 0 Å². The molecule has 2 heterocycles. The number of hydrogen-bond donors (Lipinski definition) is 0. The van der Waals surface area contributed by atoms with E-state index in [1.165, 1.54) is 172 Å². The molecule has 0 aliphatic heterocycles. The van der Waals surface area contributed by atoms with Gasteiger partial charge in [0, 0.05) is 32.8 Å². The third kappa shape index (κ3) is 9.71. The summed E-state index contributed by atoms with van der Waals surface area (Å²) in [5.41, 5.74) is 33.3. The van der Waals surface area contributed by atoms with Crippen molar-refractivity contribution in [3.8, 4) is 112 Å². The summed E-state index contributed by atoms with van der Waals surface area (Å²) in [6.45, 7) is 0. The van der Waals surface area contributed by atoms with Crippen LogP contribution >= 0.6 is 0 Å². The van der Waals surface area contributed by atoms with E-state index >= 15 is 0 Å². The molecular formula is C97H64N2. The van der Waals surface area contributed by atoms with Crippen molar-refractivity contribution in [2.45, 2.75) is 5.41 Å². The zero-order valence-electron chi connectivity index (χ0n) is 54.3. The zero-order valence-corrected chi connectivity index (χ0v) is 54.3. The number of nitrogens with zero attached hydrogens (tertiary/aromatic N) is 2. The van der Waals surface area contributed by atoms with Crippen LogP contribution in [-0.4, -0.2) is 9.13 Å². The minimum atomic E-state index is -0.538. The first-order valence-electron chi connectivity index (χ1n) is 34.3. The Morgan fingerprint density at radius 2 is 0.505 bits per heavy atom. The van der Waals surface area contributed by atoms with Crippen molar-refractivity contribution in [2.24, 2.45) is 0 Å². The highest BCUT2D eigenvalue weighted by Crippen LogP contribution is 2.57. The van der Waals surface area contributed by atoms with E-state index in [0.29, 0.717) is 0 Å². The van der Waals surface area contributed by atoms with Gasteiger partial charge < -0.3 is 9.13 Å². The minimum Gasteiger partial charge on any atom is -0.309 e. The van der Waals surface area contributed by atoms with Crippen LogP contribution in [0.2, 0.25) is 0 Å². The molecule has 16 aromatic carbocycles. The fourth-order valence-corrected chi connectivity index (χ4v) is 16.1. The lowest BCUT2D eigenvalue weighted by Gasteiger charge is -2.34. The molecular weight excluding hydrogens is 1190 g/mol. The van der Waals surface area contributed by atoms with Gasteiger partial charge in [-0.2, -0.15) is 0 Å². The fourth-order valence-electron chi connectivity index (χ4n) is 16.1. The molecule has 462 valence electrons. The Bertz CT molecular complexity index is 6050. The summed E-state index contributed by atoms with van der Waals surface area (Å²) in [5.74, 6) is 0. The number of aromatic nitrogens is 2. The topological polar surface area (TPSA) is 9.86 Å². The number of rotatable bonds is 12. The Morgan fingerprint density at radius 3 is 1.03 bits per heavy atom. The van der Waals surface area contributed by atoms with Crippen LogP contribution in [0.4, 0.5) is 0 Å². The lowest BCUT2D eigenvalue weighted by Crippen LogP contribution is -2.28. The summed E-state index contributed by atoms with van der Waals surface area (Å²) in [6, 6.07) is 143. The Morgan fingerprint density at radius 1 is 0.172 bits per heavy atom. The Balaban J connectivity index is 0.591. The summed E-state index contributed by atoms with van der Waals surface area (Å²) < 4.78 is 4.85. The average molecular weight is 1260 g/mol. The smallest absolute Gasteiger partial charge is 0.0713 e. The molecule has 1 aliphatic rings. The van der Waals surface area contributed by atoms with Gasteiger partial charge in [-0.1, -0.05) is 322 Å². The predicted molar refractivity (Wildman–Crippen MR) is 416 cm³/mol. The number of benzene rings is 16. The van der Waals surface area contributed by atoms with Gasteiger partial charge in [-0.25, -0.2) is 0 Å². The van der Waals surface area contributed by atoms with Crippen LogP contribution in [0, 0.1) is 0 Å². The van der Waals surface area contributed by atoms with E-state index in [-0.39, 0.29) is 0 Å². The van der Waals surface area contributed by atoms with Crippen LogP contribution < -0.4 is 0 Å². The minimum absolute atomic E-state index is 0.538. The van der Waals surface area contributed by atoms with Crippen molar-refractivity contribution >= 4 is 43.6 Å². The van der Waals surface area contributed by atoms with Gasteiger partial charge in [-0.3, -0.25) is 0 Å². The largest absolute Gasteiger partial charge is 0.309 e. The summed E-state index contributed by atoms with van der Waals surface area (Å²) >= 11 is 0. The van der Waals surface area contributed by atoms with Crippen molar-refractivity contribution in [3.63, 3.8) is 0 Å². The van der Waals surface area contributed by atoms with E-state index < -0.39 is 5.41 Å². The van der Waals surface area contributed by atoms with Crippen molar-refractivity contribution < 1.29 is 0 Å². The molecule has 0 saturated heterocycles. The molecule has 0 radical (unpaired) electrons. The van der Waals surface area contributed by atoms with Crippen LogP contribution in [0.25, 0.3) is 155 Å². The molecule has 0 spiro atoms. The Hall–Kier alpha value is -12.9.